The van der Waals surface area contributed by atoms with Crippen molar-refractivity contribution < 1.29 is 14.7 Å². The highest BCUT2D eigenvalue weighted by Crippen LogP contribution is 2.40. The van der Waals surface area contributed by atoms with Gasteiger partial charge in [0.05, 0.1) is 16.6 Å². The lowest BCUT2D eigenvalue weighted by molar-refractivity contribution is -0.153. The number of aliphatic carboxylic acids is 1. The molecule has 20 heavy (non-hydrogen) atoms. The van der Waals surface area contributed by atoms with Crippen molar-refractivity contribution in [2.75, 3.05) is 12.8 Å². The van der Waals surface area contributed by atoms with Crippen LogP contribution in [-0.2, 0) is 4.79 Å². The maximum Gasteiger partial charge on any atom is 0.311 e. The molecule has 0 atom stereocenters. The minimum atomic E-state index is -0.873. The summed E-state index contributed by atoms with van der Waals surface area (Å²) in [5, 5.41) is 12.4. The van der Waals surface area contributed by atoms with Gasteiger partial charge in [0.25, 0.3) is 5.91 Å². The van der Waals surface area contributed by atoms with Crippen LogP contribution in [-0.4, -0.2) is 39.8 Å². The van der Waals surface area contributed by atoms with Gasteiger partial charge < -0.3 is 10.4 Å². The van der Waals surface area contributed by atoms with Crippen molar-refractivity contribution >= 4 is 35.2 Å². The Morgan fingerprint density at radius 1 is 1.55 bits per heavy atom. The zero-order valence-corrected chi connectivity index (χ0v) is 12.4. The minimum absolute atomic E-state index is 0.0749. The van der Waals surface area contributed by atoms with Gasteiger partial charge in [0.2, 0.25) is 0 Å². The lowest BCUT2D eigenvalue weighted by atomic mass is 9.69. The summed E-state index contributed by atoms with van der Waals surface area (Å²) >= 11 is 7.20. The predicted octanol–water partition coefficient (Wildman–Crippen LogP) is 1.84. The Kier molecular flexibility index (Phi) is 4.49. The number of amides is 1. The number of carboxylic acids is 1. The molecule has 1 amide bonds. The molecule has 2 rings (SSSR count). The monoisotopic (exact) mass is 315 g/mol. The average molecular weight is 316 g/mol. The van der Waals surface area contributed by atoms with Crippen molar-refractivity contribution in [3.63, 3.8) is 0 Å². The van der Waals surface area contributed by atoms with E-state index < -0.39 is 17.3 Å². The Labute approximate surface area is 125 Å². The Bertz CT molecular complexity index is 549. The van der Waals surface area contributed by atoms with Crippen molar-refractivity contribution in [2.45, 2.75) is 24.4 Å². The van der Waals surface area contributed by atoms with Crippen molar-refractivity contribution in [2.24, 2.45) is 5.41 Å². The third kappa shape index (κ3) is 2.88. The molecule has 1 aliphatic rings. The zero-order valence-electron chi connectivity index (χ0n) is 10.9. The minimum Gasteiger partial charge on any atom is -0.481 e. The highest BCUT2D eigenvalue weighted by atomic mass is 35.5. The van der Waals surface area contributed by atoms with Crippen LogP contribution in [0.5, 0.6) is 0 Å². The van der Waals surface area contributed by atoms with Gasteiger partial charge in [0, 0.05) is 6.54 Å². The summed E-state index contributed by atoms with van der Waals surface area (Å²) in [5.74, 6) is -1.34. The first kappa shape index (κ1) is 15.1. The molecule has 0 aromatic carbocycles. The molecule has 1 aromatic rings. The zero-order chi connectivity index (χ0) is 14.8. The molecule has 8 heteroatoms. The summed E-state index contributed by atoms with van der Waals surface area (Å²) in [6.07, 6.45) is 5.18. The van der Waals surface area contributed by atoms with Gasteiger partial charge in [-0.25, -0.2) is 9.97 Å². The number of halogens is 1. The highest BCUT2D eigenvalue weighted by Gasteiger charge is 2.44. The molecule has 0 radical (unpaired) electrons. The molecule has 1 fully saturated rings. The first-order valence-corrected chi connectivity index (χ1v) is 7.67. The predicted molar refractivity (Wildman–Crippen MR) is 75.1 cm³/mol. The van der Waals surface area contributed by atoms with E-state index in [1.165, 1.54) is 18.0 Å². The molecule has 2 N–H and O–H groups in total. The lowest BCUT2D eigenvalue weighted by Crippen LogP contribution is -2.47. The quantitative estimate of drug-likeness (QED) is 0.636. The van der Waals surface area contributed by atoms with Crippen LogP contribution >= 0.6 is 23.4 Å². The Morgan fingerprint density at radius 3 is 2.75 bits per heavy atom. The molecule has 1 aromatic heterocycles. The first-order chi connectivity index (χ1) is 9.48. The van der Waals surface area contributed by atoms with Crippen LogP contribution in [0.2, 0.25) is 5.02 Å². The number of carboxylic acid groups (broad SMARTS) is 1. The molecule has 0 bridgehead atoms. The van der Waals surface area contributed by atoms with Gasteiger partial charge in [-0.1, -0.05) is 29.8 Å². The number of nitrogens with zero attached hydrogens (tertiary/aromatic N) is 2. The summed E-state index contributed by atoms with van der Waals surface area (Å²) in [6, 6.07) is 0. The van der Waals surface area contributed by atoms with E-state index in [2.05, 4.69) is 15.3 Å². The van der Waals surface area contributed by atoms with Crippen molar-refractivity contribution in [1.29, 1.82) is 0 Å². The maximum absolute atomic E-state index is 12.1. The second-order valence-electron chi connectivity index (χ2n) is 4.67. The van der Waals surface area contributed by atoms with Gasteiger partial charge in [0.1, 0.15) is 0 Å². The topological polar surface area (TPSA) is 92.2 Å². The van der Waals surface area contributed by atoms with Crippen LogP contribution in [0.1, 0.15) is 29.8 Å². The number of hydrogen-bond donors (Lipinski definition) is 2. The van der Waals surface area contributed by atoms with Gasteiger partial charge in [-0.2, -0.15) is 0 Å². The number of hydrogen-bond acceptors (Lipinski definition) is 5. The van der Waals surface area contributed by atoms with Crippen molar-refractivity contribution in [1.82, 2.24) is 15.3 Å². The maximum atomic E-state index is 12.1. The molecular weight excluding hydrogens is 302 g/mol. The molecule has 1 saturated carbocycles. The van der Waals surface area contributed by atoms with Gasteiger partial charge in [-0.05, 0) is 19.1 Å². The molecule has 1 heterocycles. The summed E-state index contributed by atoms with van der Waals surface area (Å²) in [5.41, 5.74) is -0.761. The largest absolute Gasteiger partial charge is 0.481 e. The normalized spacial score (nSPS) is 16.3. The average Bonchev–Trinajstić information content (AvgIpc) is 2.37. The van der Waals surface area contributed by atoms with Gasteiger partial charge in [0.15, 0.2) is 10.9 Å². The molecule has 108 valence electrons. The number of carbonyl (C=O) groups excluding carboxylic acids is 1. The Balaban J connectivity index is 2.07. The number of thioether (sulfide) groups is 1. The molecule has 0 saturated heterocycles. The first-order valence-electron chi connectivity index (χ1n) is 6.07. The van der Waals surface area contributed by atoms with E-state index in [1.54, 1.807) is 6.26 Å². The summed E-state index contributed by atoms with van der Waals surface area (Å²) < 4.78 is 0. The van der Waals surface area contributed by atoms with Crippen LogP contribution in [0.3, 0.4) is 0 Å². The smallest absolute Gasteiger partial charge is 0.311 e. The molecule has 1 aliphatic carbocycles. The van der Waals surface area contributed by atoms with Crippen molar-refractivity contribution in [3.8, 4) is 0 Å². The van der Waals surface area contributed by atoms with E-state index in [4.69, 9.17) is 11.6 Å². The molecule has 0 spiro atoms. The number of aromatic nitrogens is 2. The molecule has 0 unspecified atom stereocenters. The van der Waals surface area contributed by atoms with E-state index in [0.29, 0.717) is 18.0 Å². The van der Waals surface area contributed by atoms with Gasteiger partial charge in [-0.3, -0.25) is 9.59 Å². The van der Waals surface area contributed by atoms with Crippen LogP contribution in [0, 0.1) is 5.41 Å². The second kappa shape index (κ2) is 5.97. The summed E-state index contributed by atoms with van der Waals surface area (Å²) in [7, 11) is 0. The fourth-order valence-electron chi connectivity index (χ4n) is 2.01. The van der Waals surface area contributed by atoms with Crippen molar-refractivity contribution in [3.05, 3.63) is 16.9 Å². The summed E-state index contributed by atoms with van der Waals surface area (Å²) in [4.78, 5) is 31.3. The van der Waals surface area contributed by atoms with Crippen LogP contribution in [0.4, 0.5) is 0 Å². The lowest BCUT2D eigenvalue weighted by Gasteiger charge is -2.37. The highest BCUT2D eigenvalue weighted by molar-refractivity contribution is 7.98. The Morgan fingerprint density at radius 2 is 2.25 bits per heavy atom. The molecule has 6 nitrogen and oxygen atoms in total. The van der Waals surface area contributed by atoms with Crippen LogP contribution < -0.4 is 5.32 Å². The van der Waals surface area contributed by atoms with E-state index >= 15 is 0 Å². The molecular formula is C12H14ClN3O3S. The number of rotatable bonds is 5. The van der Waals surface area contributed by atoms with E-state index in [0.717, 1.165) is 6.42 Å². The second-order valence-corrected chi connectivity index (χ2v) is 5.86. The van der Waals surface area contributed by atoms with Crippen LogP contribution in [0.25, 0.3) is 0 Å². The third-order valence-corrected chi connectivity index (χ3v) is 4.31. The third-order valence-electron chi connectivity index (χ3n) is 3.47. The van der Waals surface area contributed by atoms with E-state index in [1.807, 2.05) is 0 Å². The van der Waals surface area contributed by atoms with Gasteiger partial charge >= 0.3 is 5.97 Å². The SMILES string of the molecule is CSc1ncc(Cl)c(C(=O)NCC2(C(=O)O)CCC2)n1. The number of nitrogens with one attached hydrogen (secondary N) is 1. The fraction of sp³-hybridized carbons (Fsp3) is 0.500. The fourth-order valence-corrected chi connectivity index (χ4v) is 2.53. The van der Waals surface area contributed by atoms with E-state index in [-0.39, 0.29) is 17.3 Å². The molecule has 0 aliphatic heterocycles. The summed E-state index contributed by atoms with van der Waals surface area (Å²) in [6.45, 7) is 0.0934. The number of carbonyl (C=O) groups is 2. The Hall–Kier alpha value is -1.34. The van der Waals surface area contributed by atoms with Gasteiger partial charge in [-0.15, -0.1) is 0 Å². The van der Waals surface area contributed by atoms with Crippen LogP contribution in [0.15, 0.2) is 11.4 Å². The van der Waals surface area contributed by atoms with E-state index in [9.17, 15) is 14.7 Å². The standard InChI is InChI=1S/C12H14ClN3O3S/c1-20-11-14-5-7(13)8(16-11)9(17)15-6-12(10(18)19)3-2-4-12/h5H,2-4,6H2,1H3,(H,15,17)(H,18,19).